The molecule has 0 atom stereocenters. The lowest BCUT2D eigenvalue weighted by Gasteiger charge is -2.12. The van der Waals surface area contributed by atoms with E-state index in [0.717, 1.165) is 33.6 Å². The number of carboxylic acid groups (broad SMARTS) is 1. The van der Waals surface area contributed by atoms with Crippen molar-refractivity contribution in [3.05, 3.63) is 87.0 Å². The Kier molecular flexibility index (Phi) is 5.47. The Bertz CT molecular complexity index is 1260. The number of carbonyl (C=O) groups is 3. The van der Waals surface area contributed by atoms with Crippen LogP contribution in [0.15, 0.2) is 59.5 Å². The minimum absolute atomic E-state index is 0.0113. The van der Waals surface area contributed by atoms with Gasteiger partial charge < -0.3 is 9.67 Å². The number of nitrogens with zero attached hydrogens (tertiary/aromatic N) is 2. The topological polar surface area (TPSA) is 79.6 Å². The van der Waals surface area contributed by atoms with Crippen LogP contribution in [0.1, 0.15) is 27.3 Å². The fourth-order valence-electron chi connectivity index (χ4n) is 3.56. The third kappa shape index (κ3) is 3.78. The van der Waals surface area contributed by atoms with E-state index in [-0.39, 0.29) is 21.7 Å². The van der Waals surface area contributed by atoms with Crippen LogP contribution in [0.2, 0.25) is 5.02 Å². The number of para-hydroxylation sites is 1. The van der Waals surface area contributed by atoms with E-state index in [0.29, 0.717) is 16.3 Å². The maximum absolute atomic E-state index is 12.9. The van der Waals surface area contributed by atoms with Gasteiger partial charge >= 0.3 is 5.97 Å². The fourth-order valence-corrected chi connectivity index (χ4v) is 4.59. The van der Waals surface area contributed by atoms with Gasteiger partial charge in [-0.3, -0.25) is 9.59 Å². The molecule has 0 aliphatic carbocycles. The Balaban J connectivity index is 1.73. The lowest BCUT2D eigenvalue weighted by atomic mass is 10.2. The van der Waals surface area contributed by atoms with Crippen molar-refractivity contribution in [3.63, 3.8) is 0 Å². The largest absolute Gasteiger partial charge is 0.478 e. The number of aryl methyl sites for hydroxylation is 1. The summed E-state index contributed by atoms with van der Waals surface area (Å²) in [7, 11) is 0. The quantitative estimate of drug-likeness (QED) is 0.514. The predicted molar refractivity (Wildman–Crippen MR) is 122 cm³/mol. The molecule has 1 aliphatic rings. The molecule has 6 nitrogen and oxygen atoms in total. The number of halogens is 1. The summed E-state index contributed by atoms with van der Waals surface area (Å²) in [4.78, 5) is 38.3. The monoisotopic (exact) mass is 452 g/mol. The zero-order valence-electron chi connectivity index (χ0n) is 16.6. The second-order valence-corrected chi connectivity index (χ2v) is 8.38. The van der Waals surface area contributed by atoms with Crippen molar-refractivity contribution in [2.24, 2.45) is 0 Å². The van der Waals surface area contributed by atoms with Gasteiger partial charge in [-0.05, 0) is 73.6 Å². The van der Waals surface area contributed by atoms with Crippen LogP contribution in [0.25, 0.3) is 11.8 Å². The van der Waals surface area contributed by atoms with Crippen LogP contribution in [-0.4, -0.2) is 26.8 Å². The molecule has 1 fully saturated rings. The van der Waals surface area contributed by atoms with Crippen molar-refractivity contribution < 1.29 is 19.5 Å². The van der Waals surface area contributed by atoms with Gasteiger partial charge in [0.05, 0.1) is 21.2 Å². The number of hydrogen-bond donors (Lipinski definition) is 1. The Labute approximate surface area is 187 Å². The first kappa shape index (κ1) is 21.0. The van der Waals surface area contributed by atoms with Gasteiger partial charge in [0.1, 0.15) is 0 Å². The van der Waals surface area contributed by atoms with E-state index in [2.05, 4.69) is 0 Å². The highest BCUT2D eigenvalue weighted by molar-refractivity contribution is 8.19. The number of benzene rings is 2. The molecule has 1 N–H and O–H groups in total. The van der Waals surface area contributed by atoms with E-state index >= 15 is 0 Å². The maximum Gasteiger partial charge on any atom is 0.337 e. The zero-order chi connectivity index (χ0) is 22.3. The van der Waals surface area contributed by atoms with Crippen LogP contribution in [0.5, 0.6) is 0 Å². The second-order valence-electron chi connectivity index (χ2n) is 6.98. The first-order valence-electron chi connectivity index (χ1n) is 9.33. The van der Waals surface area contributed by atoms with Gasteiger partial charge in [-0.15, -0.1) is 0 Å². The lowest BCUT2D eigenvalue weighted by molar-refractivity contribution is -0.113. The number of rotatable bonds is 4. The summed E-state index contributed by atoms with van der Waals surface area (Å²) in [5.74, 6) is -1.48. The van der Waals surface area contributed by atoms with Crippen LogP contribution in [-0.2, 0) is 4.79 Å². The molecule has 1 saturated heterocycles. The normalized spacial score (nSPS) is 15.2. The molecular weight excluding hydrogens is 436 g/mol. The average molecular weight is 453 g/mol. The van der Waals surface area contributed by atoms with E-state index in [1.165, 1.54) is 6.07 Å². The maximum atomic E-state index is 12.9. The number of hydrogen-bond acceptors (Lipinski definition) is 4. The number of aromatic carboxylic acids is 1. The molecule has 2 aromatic carbocycles. The molecule has 3 aromatic rings. The second kappa shape index (κ2) is 8.09. The van der Waals surface area contributed by atoms with Crippen molar-refractivity contribution in [1.82, 2.24) is 4.57 Å². The molecule has 0 spiro atoms. The molecular formula is C23H17ClN2O4S. The molecule has 2 amide bonds. The van der Waals surface area contributed by atoms with Gasteiger partial charge in [-0.1, -0.05) is 29.8 Å². The molecule has 156 valence electrons. The Hall–Kier alpha value is -3.29. The Morgan fingerprint density at radius 3 is 2.42 bits per heavy atom. The van der Waals surface area contributed by atoms with Crippen LogP contribution in [0, 0.1) is 13.8 Å². The number of anilines is 1. The minimum Gasteiger partial charge on any atom is -0.478 e. The summed E-state index contributed by atoms with van der Waals surface area (Å²) in [6.45, 7) is 3.75. The van der Waals surface area contributed by atoms with Crippen LogP contribution in [0.3, 0.4) is 0 Å². The summed E-state index contributed by atoms with van der Waals surface area (Å²) < 4.78 is 1.88. The summed E-state index contributed by atoms with van der Waals surface area (Å²) in [5.41, 5.74) is 3.61. The highest BCUT2D eigenvalue weighted by Gasteiger charge is 2.36. The number of carbonyl (C=O) groups excluding carboxylic acids is 2. The van der Waals surface area contributed by atoms with Gasteiger partial charge in [0.15, 0.2) is 0 Å². The summed E-state index contributed by atoms with van der Waals surface area (Å²) in [5, 5.41) is 9.18. The first-order chi connectivity index (χ1) is 14.8. The van der Waals surface area contributed by atoms with Crippen LogP contribution >= 0.6 is 23.4 Å². The van der Waals surface area contributed by atoms with Gasteiger partial charge in [-0.2, -0.15) is 0 Å². The number of aromatic nitrogens is 1. The molecule has 2 heterocycles. The first-order valence-corrected chi connectivity index (χ1v) is 10.5. The summed E-state index contributed by atoms with van der Waals surface area (Å²) >= 11 is 6.89. The van der Waals surface area contributed by atoms with Gasteiger partial charge in [0.2, 0.25) is 0 Å². The van der Waals surface area contributed by atoms with E-state index in [1.54, 1.807) is 42.5 Å². The average Bonchev–Trinajstić information content (AvgIpc) is 3.17. The zero-order valence-corrected chi connectivity index (χ0v) is 18.2. The van der Waals surface area contributed by atoms with E-state index in [4.69, 9.17) is 11.6 Å². The number of carboxylic acids is 1. The van der Waals surface area contributed by atoms with Crippen molar-refractivity contribution in [3.8, 4) is 5.69 Å². The standard InChI is InChI=1S/C23H17ClN2O4S/c1-13-10-15(14(2)25(13)17-8-9-19(24)18(12-17)22(28)29)11-20-21(27)26(23(30)31-20)16-6-4-3-5-7-16/h3-12H,1-2H3,(H,28,29). The molecule has 0 bridgehead atoms. The Morgan fingerprint density at radius 1 is 1.03 bits per heavy atom. The lowest BCUT2D eigenvalue weighted by Crippen LogP contribution is -2.27. The molecule has 0 saturated carbocycles. The molecule has 8 heteroatoms. The van der Waals surface area contributed by atoms with Crippen molar-refractivity contribution in [1.29, 1.82) is 0 Å². The number of thioether (sulfide) groups is 1. The molecule has 0 radical (unpaired) electrons. The van der Waals surface area contributed by atoms with E-state index in [9.17, 15) is 19.5 Å². The third-order valence-electron chi connectivity index (χ3n) is 5.00. The predicted octanol–water partition coefficient (Wildman–Crippen LogP) is 5.69. The van der Waals surface area contributed by atoms with Crippen molar-refractivity contribution >= 4 is 52.2 Å². The molecule has 4 rings (SSSR count). The van der Waals surface area contributed by atoms with Crippen molar-refractivity contribution in [2.75, 3.05) is 4.90 Å². The SMILES string of the molecule is Cc1cc(C=C2SC(=O)N(c3ccccc3)C2=O)c(C)n1-c1ccc(Cl)c(C(=O)O)c1. The molecule has 0 unspecified atom stereocenters. The highest BCUT2D eigenvalue weighted by atomic mass is 35.5. The van der Waals surface area contributed by atoms with E-state index in [1.807, 2.05) is 30.5 Å². The van der Waals surface area contributed by atoms with Gasteiger partial charge in [0, 0.05) is 17.1 Å². The van der Waals surface area contributed by atoms with Crippen molar-refractivity contribution in [2.45, 2.75) is 13.8 Å². The molecule has 1 aliphatic heterocycles. The highest BCUT2D eigenvalue weighted by Crippen LogP contribution is 2.36. The summed E-state index contributed by atoms with van der Waals surface area (Å²) in [6, 6.07) is 15.5. The number of amides is 2. The van der Waals surface area contributed by atoms with E-state index < -0.39 is 5.97 Å². The smallest absolute Gasteiger partial charge is 0.337 e. The molecule has 31 heavy (non-hydrogen) atoms. The van der Waals surface area contributed by atoms with Crippen LogP contribution < -0.4 is 4.90 Å². The van der Waals surface area contributed by atoms with Crippen LogP contribution in [0.4, 0.5) is 10.5 Å². The molecule has 1 aromatic heterocycles. The fraction of sp³-hybridized carbons (Fsp3) is 0.0870. The minimum atomic E-state index is -1.11. The Morgan fingerprint density at radius 2 is 1.74 bits per heavy atom. The van der Waals surface area contributed by atoms with Gasteiger partial charge in [-0.25, -0.2) is 9.69 Å². The number of imide groups is 1. The van der Waals surface area contributed by atoms with Gasteiger partial charge in [0.25, 0.3) is 11.1 Å². The summed E-state index contributed by atoms with van der Waals surface area (Å²) in [6.07, 6.45) is 1.70. The third-order valence-corrected chi connectivity index (χ3v) is 6.20.